The number of fused-ring (bicyclic) bond motifs is 1. The lowest BCUT2D eigenvalue weighted by Gasteiger charge is -2.19. The number of aromatic nitrogens is 2. The van der Waals surface area contributed by atoms with Crippen LogP contribution in [0.5, 0.6) is 0 Å². The molecule has 1 aromatic carbocycles. The number of halogens is 1. The molecule has 0 aliphatic rings. The van der Waals surface area contributed by atoms with E-state index in [-0.39, 0.29) is 5.92 Å². The molecule has 0 bridgehead atoms. The zero-order chi connectivity index (χ0) is 13.3. The van der Waals surface area contributed by atoms with Crippen LogP contribution in [0.3, 0.4) is 0 Å². The highest BCUT2D eigenvalue weighted by Gasteiger charge is 2.21. The SMILES string of the molecule is CCn1c(C(CN)C(C)C)nc2ccc(Cl)cc21. The summed E-state index contributed by atoms with van der Waals surface area (Å²) in [5, 5.41) is 0.748. The Balaban J connectivity index is 2.63. The topological polar surface area (TPSA) is 43.8 Å². The molecule has 0 aliphatic carbocycles. The molecule has 0 saturated carbocycles. The van der Waals surface area contributed by atoms with Crippen LogP contribution in [0.4, 0.5) is 0 Å². The highest BCUT2D eigenvalue weighted by Crippen LogP contribution is 2.28. The van der Waals surface area contributed by atoms with E-state index in [4.69, 9.17) is 22.3 Å². The number of hydrogen-bond acceptors (Lipinski definition) is 2. The van der Waals surface area contributed by atoms with Gasteiger partial charge in [-0.15, -0.1) is 0 Å². The first-order valence-electron chi connectivity index (χ1n) is 6.44. The van der Waals surface area contributed by atoms with Crippen molar-refractivity contribution in [3.8, 4) is 0 Å². The molecule has 18 heavy (non-hydrogen) atoms. The number of rotatable bonds is 4. The van der Waals surface area contributed by atoms with Crippen molar-refractivity contribution in [3.05, 3.63) is 29.0 Å². The average molecular weight is 266 g/mol. The summed E-state index contributed by atoms with van der Waals surface area (Å²) in [5.74, 6) is 1.84. The lowest BCUT2D eigenvalue weighted by molar-refractivity contribution is 0.467. The molecule has 1 atom stereocenters. The highest BCUT2D eigenvalue weighted by molar-refractivity contribution is 6.31. The van der Waals surface area contributed by atoms with Crippen LogP contribution in [-0.2, 0) is 6.54 Å². The van der Waals surface area contributed by atoms with Gasteiger partial charge in [-0.3, -0.25) is 0 Å². The van der Waals surface area contributed by atoms with Gasteiger partial charge >= 0.3 is 0 Å². The minimum absolute atomic E-state index is 0.288. The second kappa shape index (κ2) is 5.29. The van der Waals surface area contributed by atoms with Gasteiger partial charge in [-0.25, -0.2) is 4.98 Å². The van der Waals surface area contributed by atoms with Gasteiger partial charge in [-0.1, -0.05) is 25.4 Å². The van der Waals surface area contributed by atoms with E-state index in [2.05, 4.69) is 25.3 Å². The standard InChI is InChI=1S/C14H20ClN3/c1-4-18-13-7-10(15)5-6-12(13)17-14(18)11(8-16)9(2)3/h5-7,9,11H,4,8,16H2,1-3H3. The predicted octanol–water partition coefficient (Wildman–Crippen LogP) is 3.41. The first-order chi connectivity index (χ1) is 8.58. The molecule has 4 heteroatoms. The van der Waals surface area contributed by atoms with Crippen molar-refractivity contribution in [2.24, 2.45) is 11.7 Å². The van der Waals surface area contributed by atoms with E-state index >= 15 is 0 Å². The Labute approximate surface area is 113 Å². The van der Waals surface area contributed by atoms with Gasteiger partial charge in [0.15, 0.2) is 0 Å². The number of benzene rings is 1. The Kier molecular flexibility index (Phi) is 3.93. The van der Waals surface area contributed by atoms with Gasteiger partial charge in [0.1, 0.15) is 5.82 Å². The van der Waals surface area contributed by atoms with Crippen LogP contribution < -0.4 is 5.73 Å². The zero-order valence-corrected chi connectivity index (χ0v) is 11.9. The Hall–Kier alpha value is -1.06. The molecule has 0 saturated heterocycles. The normalized spacial score (nSPS) is 13.4. The summed E-state index contributed by atoms with van der Waals surface area (Å²) in [6.07, 6.45) is 0. The molecular formula is C14H20ClN3. The molecule has 1 heterocycles. The fraction of sp³-hybridized carbons (Fsp3) is 0.500. The van der Waals surface area contributed by atoms with Crippen LogP contribution in [0, 0.1) is 5.92 Å². The molecule has 0 fully saturated rings. The van der Waals surface area contributed by atoms with Crippen molar-refractivity contribution in [1.82, 2.24) is 9.55 Å². The summed E-state index contributed by atoms with van der Waals surface area (Å²) in [5.41, 5.74) is 7.99. The highest BCUT2D eigenvalue weighted by atomic mass is 35.5. The number of nitrogens with zero attached hydrogens (tertiary/aromatic N) is 2. The monoisotopic (exact) mass is 265 g/mol. The molecule has 3 nitrogen and oxygen atoms in total. The first kappa shape index (κ1) is 13.4. The lowest BCUT2D eigenvalue weighted by Crippen LogP contribution is -2.21. The number of imidazole rings is 1. The Morgan fingerprint density at radius 3 is 2.67 bits per heavy atom. The number of nitrogens with two attached hydrogens (primary N) is 1. The van der Waals surface area contributed by atoms with E-state index < -0.39 is 0 Å². The largest absolute Gasteiger partial charge is 0.330 e. The third kappa shape index (κ3) is 2.25. The molecule has 0 radical (unpaired) electrons. The molecule has 0 spiro atoms. The number of aryl methyl sites for hydroxylation is 1. The van der Waals surface area contributed by atoms with Crippen LogP contribution >= 0.6 is 11.6 Å². The van der Waals surface area contributed by atoms with E-state index in [9.17, 15) is 0 Å². The van der Waals surface area contributed by atoms with Gasteiger partial charge in [-0.05, 0) is 31.0 Å². The van der Waals surface area contributed by atoms with Crippen LogP contribution in [0.1, 0.15) is 32.5 Å². The molecule has 2 rings (SSSR count). The van der Waals surface area contributed by atoms with Gasteiger partial charge in [0.05, 0.1) is 11.0 Å². The summed E-state index contributed by atoms with van der Waals surface area (Å²) in [6, 6.07) is 5.83. The maximum atomic E-state index is 6.07. The van der Waals surface area contributed by atoms with Crippen LogP contribution in [0.15, 0.2) is 18.2 Å². The van der Waals surface area contributed by atoms with Crippen molar-refractivity contribution >= 4 is 22.6 Å². The molecule has 1 aromatic heterocycles. The van der Waals surface area contributed by atoms with Crippen LogP contribution in [0.2, 0.25) is 5.02 Å². The van der Waals surface area contributed by atoms with E-state index in [0.717, 1.165) is 28.4 Å². The minimum atomic E-state index is 0.288. The average Bonchev–Trinajstić information content (AvgIpc) is 2.67. The number of hydrogen-bond donors (Lipinski definition) is 1. The fourth-order valence-corrected chi connectivity index (χ4v) is 2.57. The van der Waals surface area contributed by atoms with Crippen molar-refractivity contribution in [1.29, 1.82) is 0 Å². The summed E-state index contributed by atoms with van der Waals surface area (Å²) < 4.78 is 2.22. The Morgan fingerprint density at radius 2 is 2.11 bits per heavy atom. The second-order valence-corrected chi connectivity index (χ2v) is 5.37. The lowest BCUT2D eigenvalue weighted by atomic mass is 9.95. The van der Waals surface area contributed by atoms with E-state index in [0.29, 0.717) is 12.5 Å². The molecule has 98 valence electrons. The predicted molar refractivity (Wildman–Crippen MR) is 77.1 cm³/mol. The molecule has 0 amide bonds. The Bertz CT molecular complexity index is 545. The van der Waals surface area contributed by atoms with Crippen LogP contribution in [-0.4, -0.2) is 16.1 Å². The molecule has 0 aliphatic heterocycles. The summed E-state index contributed by atoms with van der Waals surface area (Å²) in [4.78, 5) is 4.74. The van der Waals surface area contributed by atoms with Gasteiger partial charge in [0, 0.05) is 24.0 Å². The van der Waals surface area contributed by atoms with Gasteiger partial charge in [0.25, 0.3) is 0 Å². The summed E-state index contributed by atoms with van der Waals surface area (Å²) in [6.45, 7) is 8.00. The molecular weight excluding hydrogens is 246 g/mol. The smallest absolute Gasteiger partial charge is 0.114 e. The quantitative estimate of drug-likeness (QED) is 0.921. The maximum Gasteiger partial charge on any atom is 0.114 e. The first-order valence-corrected chi connectivity index (χ1v) is 6.82. The third-order valence-corrected chi connectivity index (χ3v) is 3.68. The minimum Gasteiger partial charge on any atom is -0.330 e. The van der Waals surface area contributed by atoms with E-state index in [1.165, 1.54) is 0 Å². The van der Waals surface area contributed by atoms with Crippen molar-refractivity contribution in [2.75, 3.05) is 6.54 Å². The van der Waals surface area contributed by atoms with E-state index in [1.54, 1.807) is 0 Å². The van der Waals surface area contributed by atoms with E-state index in [1.807, 2.05) is 18.2 Å². The summed E-state index contributed by atoms with van der Waals surface area (Å²) >= 11 is 6.07. The van der Waals surface area contributed by atoms with Gasteiger partial charge < -0.3 is 10.3 Å². The van der Waals surface area contributed by atoms with Crippen molar-refractivity contribution < 1.29 is 0 Å². The third-order valence-electron chi connectivity index (χ3n) is 3.45. The van der Waals surface area contributed by atoms with Gasteiger partial charge in [0.2, 0.25) is 0 Å². The second-order valence-electron chi connectivity index (χ2n) is 4.93. The molecule has 2 N–H and O–H groups in total. The molecule has 2 aromatic rings. The Morgan fingerprint density at radius 1 is 1.39 bits per heavy atom. The summed E-state index contributed by atoms with van der Waals surface area (Å²) in [7, 11) is 0. The maximum absolute atomic E-state index is 6.07. The molecule has 1 unspecified atom stereocenters. The van der Waals surface area contributed by atoms with Crippen molar-refractivity contribution in [2.45, 2.75) is 33.2 Å². The fourth-order valence-electron chi connectivity index (χ4n) is 2.41. The van der Waals surface area contributed by atoms with Crippen molar-refractivity contribution in [3.63, 3.8) is 0 Å². The van der Waals surface area contributed by atoms with Gasteiger partial charge in [-0.2, -0.15) is 0 Å². The zero-order valence-electron chi connectivity index (χ0n) is 11.2. The van der Waals surface area contributed by atoms with Crippen LogP contribution in [0.25, 0.3) is 11.0 Å².